The van der Waals surface area contributed by atoms with E-state index in [0.717, 1.165) is 13.2 Å². The van der Waals surface area contributed by atoms with Crippen LogP contribution in [0, 0.1) is 0 Å². The zero-order valence-corrected chi connectivity index (χ0v) is 8.86. The molecule has 2 heterocycles. The second-order valence-electron chi connectivity index (χ2n) is 4.54. The van der Waals surface area contributed by atoms with Gasteiger partial charge in [0, 0.05) is 31.7 Å². The molecule has 2 aliphatic heterocycles. The van der Waals surface area contributed by atoms with Gasteiger partial charge in [-0.15, -0.1) is 0 Å². The lowest BCUT2D eigenvalue weighted by Crippen LogP contribution is -2.55. The average molecular weight is 184 g/mol. The molecule has 76 valence electrons. The zero-order valence-electron chi connectivity index (χ0n) is 8.86. The molecule has 0 aliphatic carbocycles. The first kappa shape index (κ1) is 9.44. The van der Waals surface area contributed by atoms with Crippen molar-refractivity contribution in [1.82, 2.24) is 9.80 Å². The Morgan fingerprint density at radius 2 is 1.77 bits per heavy atom. The van der Waals surface area contributed by atoms with Crippen molar-refractivity contribution >= 4 is 0 Å². The molecule has 2 saturated heterocycles. The van der Waals surface area contributed by atoms with Gasteiger partial charge in [0.05, 0.1) is 12.7 Å². The Balaban J connectivity index is 1.84. The monoisotopic (exact) mass is 184 g/mol. The lowest BCUT2D eigenvalue weighted by Gasteiger charge is -2.42. The van der Waals surface area contributed by atoms with Crippen molar-refractivity contribution in [2.45, 2.75) is 32.0 Å². The van der Waals surface area contributed by atoms with Crippen LogP contribution in [-0.2, 0) is 4.74 Å². The third-order valence-electron chi connectivity index (χ3n) is 3.30. The Morgan fingerprint density at radius 1 is 1.23 bits per heavy atom. The van der Waals surface area contributed by atoms with Crippen LogP contribution in [-0.4, -0.2) is 61.3 Å². The number of rotatable bonds is 2. The van der Waals surface area contributed by atoms with E-state index in [-0.39, 0.29) is 0 Å². The maximum Gasteiger partial charge on any atom is 0.0936 e. The predicted molar refractivity (Wildman–Crippen MR) is 52.9 cm³/mol. The molecule has 3 nitrogen and oxygen atoms in total. The summed E-state index contributed by atoms with van der Waals surface area (Å²) >= 11 is 0. The third-order valence-corrected chi connectivity index (χ3v) is 3.30. The fourth-order valence-electron chi connectivity index (χ4n) is 2.12. The smallest absolute Gasteiger partial charge is 0.0936 e. The van der Waals surface area contributed by atoms with Crippen LogP contribution < -0.4 is 0 Å². The maximum absolute atomic E-state index is 5.25. The first-order chi connectivity index (χ1) is 6.16. The van der Waals surface area contributed by atoms with Gasteiger partial charge in [0.2, 0.25) is 0 Å². The number of ether oxygens (including phenoxy) is 1. The maximum atomic E-state index is 5.25. The van der Waals surface area contributed by atoms with Crippen molar-refractivity contribution in [2.24, 2.45) is 0 Å². The van der Waals surface area contributed by atoms with Crippen LogP contribution in [0.15, 0.2) is 0 Å². The van der Waals surface area contributed by atoms with E-state index >= 15 is 0 Å². The van der Waals surface area contributed by atoms with Gasteiger partial charge in [0.1, 0.15) is 0 Å². The van der Waals surface area contributed by atoms with Crippen LogP contribution in [0.3, 0.4) is 0 Å². The molecule has 0 aromatic heterocycles. The summed E-state index contributed by atoms with van der Waals surface area (Å²) < 4.78 is 5.25. The highest BCUT2D eigenvalue weighted by Crippen LogP contribution is 2.17. The van der Waals surface area contributed by atoms with Crippen LogP contribution in [0.2, 0.25) is 0 Å². The Labute approximate surface area is 80.6 Å². The van der Waals surface area contributed by atoms with E-state index in [2.05, 4.69) is 30.7 Å². The first-order valence-corrected chi connectivity index (χ1v) is 5.22. The highest BCUT2D eigenvalue weighted by Gasteiger charge is 2.31. The van der Waals surface area contributed by atoms with Crippen LogP contribution in [0.5, 0.6) is 0 Å². The minimum atomic E-state index is 0.544. The highest BCUT2D eigenvalue weighted by atomic mass is 16.6. The van der Waals surface area contributed by atoms with Gasteiger partial charge in [-0.2, -0.15) is 0 Å². The number of hydrogen-bond acceptors (Lipinski definition) is 3. The molecule has 0 radical (unpaired) electrons. The van der Waals surface area contributed by atoms with E-state index < -0.39 is 0 Å². The van der Waals surface area contributed by atoms with Crippen molar-refractivity contribution < 1.29 is 4.74 Å². The molecule has 0 spiro atoms. The molecule has 3 heteroatoms. The molecule has 3 atom stereocenters. The van der Waals surface area contributed by atoms with Gasteiger partial charge in [-0.1, -0.05) is 0 Å². The highest BCUT2D eigenvalue weighted by molar-refractivity contribution is 4.85. The molecule has 2 fully saturated rings. The summed E-state index contributed by atoms with van der Waals surface area (Å²) in [5.74, 6) is 0. The summed E-state index contributed by atoms with van der Waals surface area (Å²) in [6.07, 6.45) is 0.544. The number of piperazine rings is 1. The lowest BCUT2D eigenvalue weighted by molar-refractivity contribution is 0.0561. The SMILES string of the molecule is CC1CN(CC2CO2)CC(C)N1C. The predicted octanol–water partition coefficient (Wildman–Crippen LogP) is 0.410. The Kier molecular flexibility index (Phi) is 2.58. The number of epoxide rings is 1. The Bertz CT molecular complexity index is 170. The minimum Gasteiger partial charge on any atom is -0.372 e. The summed E-state index contributed by atoms with van der Waals surface area (Å²) in [6, 6.07) is 1.37. The number of nitrogens with zero attached hydrogens (tertiary/aromatic N) is 2. The van der Waals surface area contributed by atoms with Crippen LogP contribution in [0.1, 0.15) is 13.8 Å². The summed E-state index contributed by atoms with van der Waals surface area (Å²) in [5.41, 5.74) is 0. The van der Waals surface area contributed by atoms with E-state index in [1.165, 1.54) is 13.1 Å². The van der Waals surface area contributed by atoms with Gasteiger partial charge in [-0.25, -0.2) is 0 Å². The van der Waals surface area contributed by atoms with E-state index in [9.17, 15) is 0 Å². The van der Waals surface area contributed by atoms with Gasteiger partial charge >= 0.3 is 0 Å². The Hall–Kier alpha value is -0.120. The Morgan fingerprint density at radius 3 is 2.23 bits per heavy atom. The molecule has 0 N–H and O–H groups in total. The van der Waals surface area contributed by atoms with Gasteiger partial charge in [0.25, 0.3) is 0 Å². The molecule has 0 saturated carbocycles. The third kappa shape index (κ3) is 2.22. The molecular weight excluding hydrogens is 164 g/mol. The fraction of sp³-hybridized carbons (Fsp3) is 1.00. The first-order valence-electron chi connectivity index (χ1n) is 5.22. The second kappa shape index (κ2) is 3.56. The second-order valence-corrected chi connectivity index (χ2v) is 4.54. The van der Waals surface area contributed by atoms with E-state index in [1.54, 1.807) is 0 Å². The molecule has 3 unspecified atom stereocenters. The molecular formula is C10H20N2O. The molecule has 2 aliphatic rings. The van der Waals surface area contributed by atoms with Crippen LogP contribution in [0.4, 0.5) is 0 Å². The van der Waals surface area contributed by atoms with E-state index in [4.69, 9.17) is 4.74 Å². The summed E-state index contributed by atoms with van der Waals surface area (Å²) in [4.78, 5) is 5.00. The number of likely N-dealkylation sites (N-methyl/N-ethyl adjacent to an activating group) is 1. The standard InChI is InChI=1S/C10H20N2O/c1-8-4-12(6-10-7-13-10)5-9(2)11(8)3/h8-10H,4-7H2,1-3H3. The summed E-state index contributed by atoms with van der Waals surface area (Å²) in [5, 5.41) is 0. The van der Waals surface area contributed by atoms with Crippen molar-refractivity contribution in [2.75, 3.05) is 33.3 Å². The normalized spacial score (nSPS) is 42.2. The largest absolute Gasteiger partial charge is 0.372 e. The van der Waals surface area contributed by atoms with Crippen molar-refractivity contribution in [3.63, 3.8) is 0 Å². The average Bonchev–Trinajstić information content (AvgIpc) is 2.84. The molecule has 0 aromatic rings. The summed E-state index contributed by atoms with van der Waals surface area (Å²) in [7, 11) is 2.22. The van der Waals surface area contributed by atoms with Crippen LogP contribution in [0.25, 0.3) is 0 Å². The molecule has 0 aromatic carbocycles. The molecule has 13 heavy (non-hydrogen) atoms. The van der Waals surface area contributed by atoms with Crippen LogP contribution >= 0.6 is 0 Å². The molecule has 0 amide bonds. The van der Waals surface area contributed by atoms with Crippen molar-refractivity contribution in [3.05, 3.63) is 0 Å². The fourth-order valence-corrected chi connectivity index (χ4v) is 2.12. The molecule has 2 rings (SSSR count). The minimum absolute atomic E-state index is 0.544. The van der Waals surface area contributed by atoms with Gasteiger partial charge < -0.3 is 4.74 Å². The van der Waals surface area contributed by atoms with Crippen molar-refractivity contribution in [1.29, 1.82) is 0 Å². The summed E-state index contributed by atoms with van der Waals surface area (Å²) in [6.45, 7) is 9.12. The van der Waals surface area contributed by atoms with Gasteiger partial charge in [-0.3, -0.25) is 9.80 Å². The molecule has 0 bridgehead atoms. The van der Waals surface area contributed by atoms with Gasteiger partial charge in [-0.05, 0) is 20.9 Å². The number of hydrogen-bond donors (Lipinski definition) is 0. The lowest BCUT2D eigenvalue weighted by atomic mass is 10.1. The topological polar surface area (TPSA) is 19.0 Å². The van der Waals surface area contributed by atoms with E-state index in [1.807, 2.05) is 0 Å². The van der Waals surface area contributed by atoms with Crippen molar-refractivity contribution in [3.8, 4) is 0 Å². The quantitative estimate of drug-likeness (QED) is 0.579. The zero-order chi connectivity index (χ0) is 9.42. The van der Waals surface area contributed by atoms with E-state index in [0.29, 0.717) is 18.2 Å². The van der Waals surface area contributed by atoms with Gasteiger partial charge in [0.15, 0.2) is 0 Å².